The van der Waals surface area contributed by atoms with Crippen LogP contribution in [0, 0.1) is 5.92 Å². The molecule has 5 heteroatoms. The van der Waals surface area contributed by atoms with Gasteiger partial charge in [-0.1, -0.05) is 6.42 Å². The zero-order valence-electron chi connectivity index (χ0n) is 10.9. The van der Waals surface area contributed by atoms with Crippen LogP contribution in [0.4, 0.5) is 4.79 Å². The number of carboxylic acids is 1. The summed E-state index contributed by atoms with van der Waals surface area (Å²) in [6.07, 6.45) is 5.94. The monoisotopic (exact) mass is 254 g/mol. The van der Waals surface area contributed by atoms with Crippen LogP contribution in [-0.2, 0) is 4.79 Å². The first kappa shape index (κ1) is 13.2. The van der Waals surface area contributed by atoms with Crippen molar-refractivity contribution in [3.8, 4) is 0 Å². The van der Waals surface area contributed by atoms with Crippen LogP contribution in [0.15, 0.2) is 0 Å². The summed E-state index contributed by atoms with van der Waals surface area (Å²) in [7, 11) is 0. The fourth-order valence-corrected chi connectivity index (χ4v) is 2.77. The Labute approximate surface area is 108 Å². The van der Waals surface area contributed by atoms with E-state index in [1.54, 1.807) is 0 Å². The number of nitrogens with zero attached hydrogens (tertiary/aromatic N) is 1. The number of hydrogen-bond acceptors (Lipinski definition) is 2. The van der Waals surface area contributed by atoms with E-state index >= 15 is 0 Å². The highest BCUT2D eigenvalue weighted by Gasteiger charge is 2.33. The number of hydrogen-bond donors (Lipinski definition) is 2. The van der Waals surface area contributed by atoms with E-state index in [1.165, 1.54) is 24.2 Å². The molecule has 0 spiro atoms. The molecule has 0 bridgehead atoms. The van der Waals surface area contributed by atoms with Crippen molar-refractivity contribution in [2.45, 2.75) is 57.5 Å². The quantitative estimate of drug-likeness (QED) is 0.807. The molecule has 1 saturated heterocycles. The largest absolute Gasteiger partial charge is 0.480 e. The van der Waals surface area contributed by atoms with E-state index in [9.17, 15) is 9.59 Å². The smallest absolute Gasteiger partial charge is 0.326 e. The maximum Gasteiger partial charge on any atom is 0.326 e. The molecule has 1 aliphatic heterocycles. The average Bonchev–Trinajstić information content (AvgIpc) is 2.26. The van der Waals surface area contributed by atoms with E-state index in [0.29, 0.717) is 18.9 Å². The molecule has 0 aromatic heterocycles. The Morgan fingerprint density at radius 1 is 1.22 bits per heavy atom. The predicted octanol–water partition coefficient (Wildman–Crippen LogP) is 1.82. The normalized spacial score (nSPS) is 26.3. The van der Waals surface area contributed by atoms with Gasteiger partial charge in [0.2, 0.25) is 0 Å². The standard InChI is InChI=1S/C13H22N2O3/c1-9(10-5-4-6-10)14-13(18)15-8-3-2-7-11(15)12(16)17/h9-11H,2-8H2,1H3,(H,14,18)(H,16,17). The van der Waals surface area contributed by atoms with Crippen LogP contribution in [0.2, 0.25) is 0 Å². The molecule has 1 saturated carbocycles. The molecule has 0 aromatic rings. The van der Waals surface area contributed by atoms with Gasteiger partial charge in [-0.15, -0.1) is 0 Å². The van der Waals surface area contributed by atoms with E-state index in [2.05, 4.69) is 5.32 Å². The Hall–Kier alpha value is -1.26. The lowest BCUT2D eigenvalue weighted by Gasteiger charge is -2.37. The minimum Gasteiger partial charge on any atom is -0.480 e. The van der Waals surface area contributed by atoms with E-state index in [4.69, 9.17) is 5.11 Å². The molecule has 0 radical (unpaired) electrons. The van der Waals surface area contributed by atoms with Gasteiger partial charge in [-0.05, 0) is 44.9 Å². The van der Waals surface area contributed by atoms with Gasteiger partial charge in [0.15, 0.2) is 0 Å². The van der Waals surface area contributed by atoms with Crippen LogP contribution in [0.25, 0.3) is 0 Å². The summed E-state index contributed by atoms with van der Waals surface area (Å²) in [5, 5.41) is 12.1. The molecule has 2 unspecified atom stereocenters. The lowest BCUT2D eigenvalue weighted by molar-refractivity contribution is -0.143. The summed E-state index contributed by atoms with van der Waals surface area (Å²) < 4.78 is 0. The molecular weight excluding hydrogens is 232 g/mol. The van der Waals surface area contributed by atoms with Crippen molar-refractivity contribution < 1.29 is 14.7 Å². The molecule has 1 aliphatic carbocycles. The van der Waals surface area contributed by atoms with Crippen LogP contribution in [-0.4, -0.2) is 40.6 Å². The number of amides is 2. The molecule has 18 heavy (non-hydrogen) atoms. The van der Waals surface area contributed by atoms with Crippen LogP contribution < -0.4 is 5.32 Å². The van der Waals surface area contributed by atoms with Crippen LogP contribution >= 0.6 is 0 Å². The Balaban J connectivity index is 1.91. The number of rotatable bonds is 3. The zero-order valence-corrected chi connectivity index (χ0v) is 10.9. The van der Waals surface area contributed by atoms with Gasteiger partial charge in [0.25, 0.3) is 0 Å². The van der Waals surface area contributed by atoms with Crippen LogP contribution in [0.3, 0.4) is 0 Å². The maximum atomic E-state index is 12.1. The third-order valence-electron chi connectivity index (χ3n) is 4.26. The first-order valence-electron chi connectivity index (χ1n) is 6.89. The van der Waals surface area contributed by atoms with Gasteiger partial charge in [-0.25, -0.2) is 9.59 Å². The lowest BCUT2D eigenvalue weighted by Crippen LogP contribution is -2.54. The highest BCUT2D eigenvalue weighted by Crippen LogP contribution is 2.29. The van der Waals surface area contributed by atoms with Crippen molar-refractivity contribution in [2.24, 2.45) is 5.92 Å². The highest BCUT2D eigenvalue weighted by molar-refractivity contribution is 5.83. The van der Waals surface area contributed by atoms with Crippen molar-refractivity contribution >= 4 is 12.0 Å². The zero-order chi connectivity index (χ0) is 13.1. The summed E-state index contributed by atoms with van der Waals surface area (Å²) in [6, 6.07) is -0.698. The van der Waals surface area contributed by atoms with E-state index < -0.39 is 12.0 Å². The first-order chi connectivity index (χ1) is 8.59. The van der Waals surface area contributed by atoms with Gasteiger partial charge >= 0.3 is 12.0 Å². The molecule has 2 amide bonds. The second kappa shape index (κ2) is 5.59. The molecule has 1 heterocycles. The number of aliphatic carboxylic acids is 1. The molecule has 5 nitrogen and oxygen atoms in total. The molecule has 2 atom stereocenters. The van der Waals surface area contributed by atoms with Crippen LogP contribution in [0.5, 0.6) is 0 Å². The Morgan fingerprint density at radius 2 is 1.94 bits per heavy atom. The van der Waals surface area contributed by atoms with Gasteiger partial charge in [-0.3, -0.25) is 0 Å². The van der Waals surface area contributed by atoms with Gasteiger partial charge in [0.1, 0.15) is 6.04 Å². The molecular formula is C13H22N2O3. The number of carbonyl (C=O) groups is 2. The predicted molar refractivity (Wildman–Crippen MR) is 67.3 cm³/mol. The van der Waals surface area contributed by atoms with Gasteiger partial charge in [-0.2, -0.15) is 0 Å². The minimum absolute atomic E-state index is 0.155. The second-order valence-electron chi connectivity index (χ2n) is 5.47. The average molecular weight is 254 g/mol. The molecule has 0 aromatic carbocycles. The Morgan fingerprint density at radius 3 is 2.50 bits per heavy atom. The number of piperidine rings is 1. The summed E-state index contributed by atoms with van der Waals surface area (Å²) in [5.41, 5.74) is 0. The fourth-order valence-electron chi connectivity index (χ4n) is 2.77. The van der Waals surface area contributed by atoms with Gasteiger partial charge in [0, 0.05) is 12.6 Å². The number of urea groups is 1. The topological polar surface area (TPSA) is 69.6 Å². The van der Waals surface area contributed by atoms with Crippen LogP contribution in [0.1, 0.15) is 45.4 Å². The molecule has 2 rings (SSSR count). The number of likely N-dealkylation sites (tertiary alicyclic amines) is 1. The van der Waals surface area contributed by atoms with Crippen molar-refractivity contribution in [1.29, 1.82) is 0 Å². The Bertz CT molecular complexity index is 328. The van der Waals surface area contributed by atoms with Crippen molar-refractivity contribution in [1.82, 2.24) is 10.2 Å². The van der Waals surface area contributed by atoms with Gasteiger partial charge < -0.3 is 15.3 Å². The molecule has 2 N–H and O–H groups in total. The molecule has 2 fully saturated rings. The fraction of sp³-hybridized carbons (Fsp3) is 0.846. The number of nitrogens with one attached hydrogen (secondary N) is 1. The van der Waals surface area contributed by atoms with Crippen molar-refractivity contribution in [2.75, 3.05) is 6.54 Å². The van der Waals surface area contributed by atoms with E-state index in [0.717, 1.165) is 12.8 Å². The minimum atomic E-state index is -0.888. The van der Waals surface area contributed by atoms with Crippen molar-refractivity contribution in [3.63, 3.8) is 0 Å². The lowest BCUT2D eigenvalue weighted by atomic mass is 9.80. The number of carboxylic acid groups (broad SMARTS) is 1. The van der Waals surface area contributed by atoms with Crippen molar-refractivity contribution in [3.05, 3.63) is 0 Å². The van der Waals surface area contributed by atoms with Gasteiger partial charge in [0.05, 0.1) is 0 Å². The summed E-state index contributed by atoms with van der Waals surface area (Å²) in [6.45, 7) is 2.57. The third kappa shape index (κ3) is 2.76. The molecule has 102 valence electrons. The summed E-state index contributed by atoms with van der Waals surface area (Å²) in [5.74, 6) is -0.317. The number of carbonyl (C=O) groups excluding carboxylic acids is 1. The van der Waals surface area contributed by atoms with E-state index in [1.807, 2.05) is 6.92 Å². The summed E-state index contributed by atoms with van der Waals surface area (Å²) in [4.78, 5) is 24.7. The first-order valence-corrected chi connectivity index (χ1v) is 6.89. The Kier molecular flexibility index (Phi) is 4.09. The van der Waals surface area contributed by atoms with E-state index in [-0.39, 0.29) is 12.1 Å². The molecule has 2 aliphatic rings. The second-order valence-corrected chi connectivity index (χ2v) is 5.47. The summed E-state index contributed by atoms with van der Waals surface area (Å²) >= 11 is 0. The maximum absolute atomic E-state index is 12.1. The SMILES string of the molecule is CC(NC(=O)N1CCCCC1C(=O)O)C1CCC1. The highest BCUT2D eigenvalue weighted by atomic mass is 16.4. The third-order valence-corrected chi connectivity index (χ3v) is 4.26.